The van der Waals surface area contributed by atoms with Crippen LogP contribution in [0, 0.1) is 5.92 Å². The van der Waals surface area contributed by atoms with E-state index in [1.165, 1.54) is 0 Å². The quantitative estimate of drug-likeness (QED) is 0.739. The van der Waals surface area contributed by atoms with Crippen LogP contribution < -0.4 is 5.32 Å². The molecule has 5 heteroatoms. The van der Waals surface area contributed by atoms with Crippen molar-refractivity contribution in [3.63, 3.8) is 0 Å². The van der Waals surface area contributed by atoms with E-state index in [0.29, 0.717) is 6.42 Å². The minimum atomic E-state index is -4.48. The van der Waals surface area contributed by atoms with Gasteiger partial charge in [-0.15, -0.1) is 0 Å². The van der Waals surface area contributed by atoms with Gasteiger partial charge < -0.3 is 10.4 Å². The SMILES string of the molecule is CNCCCC1CCCC(O)(C(F)(F)F)C1. The van der Waals surface area contributed by atoms with Gasteiger partial charge in [-0.1, -0.05) is 6.42 Å². The molecule has 0 amide bonds. The zero-order valence-corrected chi connectivity index (χ0v) is 9.61. The van der Waals surface area contributed by atoms with Gasteiger partial charge in [0.05, 0.1) is 0 Å². The summed E-state index contributed by atoms with van der Waals surface area (Å²) in [5, 5.41) is 12.6. The lowest BCUT2D eigenvalue weighted by molar-refractivity contribution is -0.274. The van der Waals surface area contributed by atoms with Crippen LogP contribution in [0.1, 0.15) is 38.5 Å². The van der Waals surface area contributed by atoms with Crippen LogP contribution in [-0.2, 0) is 0 Å². The Bertz CT molecular complexity index is 220. The summed E-state index contributed by atoms with van der Waals surface area (Å²) in [7, 11) is 1.83. The third kappa shape index (κ3) is 3.35. The summed E-state index contributed by atoms with van der Waals surface area (Å²) in [5.74, 6) is 0.00808. The highest BCUT2D eigenvalue weighted by molar-refractivity contribution is 4.92. The highest BCUT2D eigenvalue weighted by Gasteiger charge is 2.55. The molecule has 0 spiro atoms. The molecule has 2 nitrogen and oxygen atoms in total. The predicted molar refractivity (Wildman–Crippen MR) is 56.1 cm³/mol. The lowest BCUT2D eigenvalue weighted by atomic mass is 9.76. The molecule has 0 bridgehead atoms. The molecular weight excluding hydrogens is 219 g/mol. The Balaban J connectivity index is 2.46. The number of rotatable bonds is 4. The summed E-state index contributed by atoms with van der Waals surface area (Å²) in [6.45, 7) is 0.820. The lowest BCUT2D eigenvalue weighted by Gasteiger charge is -2.38. The molecule has 16 heavy (non-hydrogen) atoms. The highest BCUT2D eigenvalue weighted by atomic mass is 19.4. The van der Waals surface area contributed by atoms with E-state index in [2.05, 4.69) is 5.32 Å². The molecule has 1 aliphatic rings. The van der Waals surface area contributed by atoms with Gasteiger partial charge in [-0.2, -0.15) is 13.2 Å². The maximum atomic E-state index is 12.6. The van der Waals surface area contributed by atoms with Crippen LogP contribution in [-0.4, -0.2) is 30.5 Å². The summed E-state index contributed by atoms with van der Waals surface area (Å²) in [6.07, 6.45) is -1.83. The summed E-state index contributed by atoms with van der Waals surface area (Å²) in [6, 6.07) is 0. The molecule has 1 rings (SSSR count). The van der Waals surface area contributed by atoms with Crippen molar-refractivity contribution in [2.24, 2.45) is 5.92 Å². The van der Waals surface area contributed by atoms with E-state index in [0.717, 1.165) is 25.8 Å². The summed E-state index contributed by atoms with van der Waals surface area (Å²) in [4.78, 5) is 0. The minimum Gasteiger partial charge on any atom is -0.380 e. The van der Waals surface area contributed by atoms with Crippen LogP contribution >= 0.6 is 0 Å². The van der Waals surface area contributed by atoms with Gasteiger partial charge in [0.1, 0.15) is 0 Å². The van der Waals surface area contributed by atoms with Crippen molar-refractivity contribution in [1.29, 1.82) is 0 Å². The Morgan fingerprint density at radius 1 is 1.44 bits per heavy atom. The Morgan fingerprint density at radius 2 is 2.12 bits per heavy atom. The molecule has 1 aliphatic carbocycles. The van der Waals surface area contributed by atoms with Crippen molar-refractivity contribution >= 4 is 0 Å². The Kier molecular flexibility index (Phi) is 4.62. The summed E-state index contributed by atoms with van der Waals surface area (Å²) < 4.78 is 37.9. The average Bonchev–Trinajstić information content (AvgIpc) is 2.17. The fourth-order valence-electron chi connectivity index (χ4n) is 2.44. The van der Waals surface area contributed by atoms with E-state index in [4.69, 9.17) is 0 Å². The number of nitrogens with one attached hydrogen (secondary N) is 1. The Hall–Kier alpha value is -0.290. The third-order valence-corrected chi connectivity index (χ3v) is 3.40. The molecule has 2 unspecified atom stereocenters. The monoisotopic (exact) mass is 239 g/mol. The molecule has 2 atom stereocenters. The Labute approximate surface area is 94.2 Å². The van der Waals surface area contributed by atoms with E-state index in [9.17, 15) is 18.3 Å². The topological polar surface area (TPSA) is 32.3 Å². The van der Waals surface area contributed by atoms with Crippen molar-refractivity contribution in [3.8, 4) is 0 Å². The zero-order valence-electron chi connectivity index (χ0n) is 9.61. The fourth-order valence-corrected chi connectivity index (χ4v) is 2.44. The second kappa shape index (κ2) is 5.36. The number of halogens is 3. The largest absolute Gasteiger partial charge is 0.417 e. The van der Waals surface area contributed by atoms with E-state index < -0.39 is 11.8 Å². The first-order valence-electron chi connectivity index (χ1n) is 5.83. The minimum absolute atomic E-state index is 0.00808. The van der Waals surface area contributed by atoms with Gasteiger partial charge in [0, 0.05) is 0 Å². The van der Waals surface area contributed by atoms with Gasteiger partial charge in [-0.3, -0.25) is 0 Å². The first-order chi connectivity index (χ1) is 7.39. The van der Waals surface area contributed by atoms with Gasteiger partial charge in [0.15, 0.2) is 5.60 Å². The average molecular weight is 239 g/mol. The predicted octanol–water partition coefficient (Wildman–Crippen LogP) is 2.47. The van der Waals surface area contributed by atoms with Gasteiger partial charge in [-0.05, 0) is 51.6 Å². The van der Waals surface area contributed by atoms with Crippen LogP contribution in [0.5, 0.6) is 0 Å². The van der Waals surface area contributed by atoms with Crippen LogP contribution in [0.25, 0.3) is 0 Å². The zero-order chi connectivity index (χ0) is 12.2. The fraction of sp³-hybridized carbons (Fsp3) is 1.00. The van der Waals surface area contributed by atoms with Crippen molar-refractivity contribution in [2.75, 3.05) is 13.6 Å². The molecule has 1 fully saturated rings. The van der Waals surface area contributed by atoms with E-state index in [-0.39, 0.29) is 18.8 Å². The molecule has 1 saturated carbocycles. The van der Waals surface area contributed by atoms with E-state index in [1.807, 2.05) is 7.05 Å². The molecule has 0 aromatic carbocycles. The Morgan fingerprint density at radius 3 is 2.69 bits per heavy atom. The normalized spacial score (nSPS) is 31.7. The molecule has 0 aromatic heterocycles. The van der Waals surface area contributed by atoms with Crippen molar-refractivity contribution in [3.05, 3.63) is 0 Å². The molecule has 0 saturated heterocycles. The number of hydrogen-bond acceptors (Lipinski definition) is 2. The van der Waals surface area contributed by atoms with Crippen LogP contribution in [0.15, 0.2) is 0 Å². The van der Waals surface area contributed by atoms with Crippen molar-refractivity contribution < 1.29 is 18.3 Å². The highest BCUT2D eigenvalue weighted by Crippen LogP contribution is 2.44. The van der Waals surface area contributed by atoms with Crippen molar-refractivity contribution in [1.82, 2.24) is 5.32 Å². The standard InChI is InChI=1S/C11H20F3NO/c1-15-7-3-5-9-4-2-6-10(16,8-9)11(12,13)14/h9,15-16H,2-8H2,1H3. The molecule has 0 heterocycles. The van der Waals surface area contributed by atoms with Gasteiger partial charge in [0.2, 0.25) is 0 Å². The van der Waals surface area contributed by atoms with Gasteiger partial charge >= 0.3 is 6.18 Å². The van der Waals surface area contributed by atoms with E-state index >= 15 is 0 Å². The van der Waals surface area contributed by atoms with Gasteiger partial charge in [0.25, 0.3) is 0 Å². The maximum absolute atomic E-state index is 12.6. The first kappa shape index (κ1) is 13.8. The number of aliphatic hydroxyl groups is 1. The molecule has 0 aromatic rings. The molecule has 2 N–H and O–H groups in total. The lowest BCUT2D eigenvalue weighted by Crippen LogP contribution is -2.48. The number of hydrogen-bond donors (Lipinski definition) is 2. The van der Waals surface area contributed by atoms with Crippen LogP contribution in [0.3, 0.4) is 0 Å². The smallest absolute Gasteiger partial charge is 0.380 e. The second-order valence-electron chi connectivity index (χ2n) is 4.74. The second-order valence-corrected chi connectivity index (χ2v) is 4.74. The van der Waals surface area contributed by atoms with Crippen molar-refractivity contribution in [2.45, 2.75) is 50.3 Å². The molecular formula is C11H20F3NO. The molecule has 96 valence electrons. The third-order valence-electron chi connectivity index (χ3n) is 3.40. The first-order valence-corrected chi connectivity index (χ1v) is 5.83. The van der Waals surface area contributed by atoms with Crippen LogP contribution in [0.2, 0.25) is 0 Å². The van der Waals surface area contributed by atoms with Crippen LogP contribution in [0.4, 0.5) is 13.2 Å². The molecule has 0 aliphatic heterocycles. The molecule has 0 radical (unpaired) electrons. The van der Waals surface area contributed by atoms with Gasteiger partial charge in [-0.25, -0.2) is 0 Å². The summed E-state index contributed by atoms with van der Waals surface area (Å²) in [5.41, 5.74) is -2.43. The van der Waals surface area contributed by atoms with E-state index in [1.54, 1.807) is 0 Å². The maximum Gasteiger partial charge on any atom is 0.417 e. The summed E-state index contributed by atoms with van der Waals surface area (Å²) >= 11 is 0. The number of alkyl halides is 3.